The summed E-state index contributed by atoms with van der Waals surface area (Å²) in [5.74, 6) is -0.624. The van der Waals surface area contributed by atoms with E-state index in [2.05, 4.69) is 15.9 Å². The van der Waals surface area contributed by atoms with E-state index in [-0.39, 0.29) is 16.5 Å². The first-order valence-corrected chi connectivity index (χ1v) is 8.71. The van der Waals surface area contributed by atoms with Gasteiger partial charge in [-0.2, -0.15) is 4.31 Å². The largest absolute Gasteiger partial charge is 0.368 e. The van der Waals surface area contributed by atoms with Crippen molar-refractivity contribution in [3.05, 3.63) is 27.7 Å². The molecule has 0 aromatic heterocycles. The van der Waals surface area contributed by atoms with E-state index in [0.29, 0.717) is 17.3 Å². The Morgan fingerprint density at radius 1 is 1.40 bits per heavy atom. The number of hydrogen-bond acceptors (Lipinski definition) is 3. The van der Waals surface area contributed by atoms with Crippen molar-refractivity contribution in [2.24, 2.45) is 5.73 Å². The lowest BCUT2D eigenvalue weighted by Crippen LogP contribution is -2.50. The summed E-state index contributed by atoms with van der Waals surface area (Å²) in [6, 6.07) is 3.74. The van der Waals surface area contributed by atoms with E-state index in [1.807, 2.05) is 0 Å². The van der Waals surface area contributed by atoms with Gasteiger partial charge in [0, 0.05) is 11.0 Å². The molecule has 1 aliphatic heterocycles. The summed E-state index contributed by atoms with van der Waals surface area (Å²) in [7, 11) is -3.82. The number of rotatable bonds is 3. The minimum absolute atomic E-state index is 0.00415. The van der Waals surface area contributed by atoms with Crippen molar-refractivity contribution in [2.75, 3.05) is 6.54 Å². The van der Waals surface area contributed by atoms with Crippen LogP contribution in [0.4, 0.5) is 0 Å². The van der Waals surface area contributed by atoms with Gasteiger partial charge in [0.25, 0.3) is 0 Å². The summed E-state index contributed by atoms with van der Waals surface area (Å²) >= 11 is 9.24. The molecule has 1 unspecified atom stereocenters. The predicted octanol–water partition coefficient (Wildman–Crippen LogP) is 2.13. The molecule has 0 spiro atoms. The van der Waals surface area contributed by atoms with Gasteiger partial charge in [0.15, 0.2) is 0 Å². The second-order valence-corrected chi connectivity index (χ2v) is 7.79. The Balaban J connectivity index is 2.45. The second kappa shape index (κ2) is 6.01. The first kappa shape index (κ1) is 15.8. The Morgan fingerprint density at radius 2 is 2.10 bits per heavy atom. The maximum Gasteiger partial charge on any atom is 0.245 e. The molecule has 0 bridgehead atoms. The third kappa shape index (κ3) is 3.00. The Labute approximate surface area is 131 Å². The van der Waals surface area contributed by atoms with E-state index in [0.717, 1.165) is 10.7 Å². The normalized spacial score (nSPS) is 20.8. The number of carbonyl (C=O) groups excluding carboxylic acids is 1. The molecule has 2 N–H and O–H groups in total. The van der Waals surface area contributed by atoms with Gasteiger partial charge < -0.3 is 5.73 Å². The maximum absolute atomic E-state index is 12.7. The first-order valence-electron chi connectivity index (χ1n) is 6.10. The van der Waals surface area contributed by atoms with Crippen LogP contribution in [-0.2, 0) is 14.8 Å². The topological polar surface area (TPSA) is 80.5 Å². The van der Waals surface area contributed by atoms with Gasteiger partial charge in [0.05, 0.1) is 5.02 Å². The van der Waals surface area contributed by atoms with E-state index in [9.17, 15) is 13.2 Å². The summed E-state index contributed by atoms with van der Waals surface area (Å²) < 4.78 is 27.2. The maximum atomic E-state index is 12.7. The summed E-state index contributed by atoms with van der Waals surface area (Å²) in [5.41, 5.74) is 5.31. The predicted molar refractivity (Wildman–Crippen MR) is 79.9 cm³/mol. The lowest BCUT2D eigenvalue weighted by molar-refractivity contribution is -0.122. The van der Waals surface area contributed by atoms with Crippen LogP contribution in [0, 0.1) is 0 Å². The van der Waals surface area contributed by atoms with Crippen LogP contribution < -0.4 is 5.73 Å². The zero-order valence-electron chi connectivity index (χ0n) is 10.6. The number of nitrogens with two attached hydrogens (primary N) is 1. The third-order valence-electron chi connectivity index (χ3n) is 3.26. The fraction of sp³-hybridized carbons (Fsp3) is 0.417. The molecule has 1 aromatic rings. The van der Waals surface area contributed by atoms with E-state index in [1.54, 1.807) is 6.07 Å². The van der Waals surface area contributed by atoms with Crippen molar-refractivity contribution in [3.63, 3.8) is 0 Å². The molecule has 1 atom stereocenters. The van der Waals surface area contributed by atoms with Crippen molar-refractivity contribution in [2.45, 2.75) is 30.2 Å². The molecule has 1 saturated heterocycles. The van der Waals surface area contributed by atoms with Crippen LogP contribution in [0.1, 0.15) is 19.3 Å². The molecule has 1 aliphatic rings. The quantitative estimate of drug-likeness (QED) is 0.871. The molecule has 110 valence electrons. The lowest BCUT2D eigenvalue weighted by atomic mass is 10.0. The fourth-order valence-electron chi connectivity index (χ4n) is 2.29. The van der Waals surface area contributed by atoms with Crippen LogP contribution in [0.5, 0.6) is 0 Å². The highest BCUT2D eigenvalue weighted by atomic mass is 79.9. The third-order valence-corrected chi connectivity index (χ3v) is 6.15. The van der Waals surface area contributed by atoms with Crippen LogP contribution in [-0.4, -0.2) is 31.2 Å². The standard InChI is InChI=1S/C12H14BrClN2O3S/c13-8-4-5-11(9(14)7-8)20(18,19)16-6-2-1-3-10(16)12(15)17/h4-5,7,10H,1-3,6H2,(H2,15,17). The van der Waals surface area contributed by atoms with Crippen LogP contribution in [0.2, 0.25) is 5.02 Å². The summed E-state index contributed by atoms with van der Waals surface area (Å²) in [6.07, 6.45) is 1.94. The molecule has 2 rings (SSSR count). The van der Waals surface area contributed by atoms with Crippen molar-refractivity contribution in [1.82, 2.24) is 4.31 Å². The summed E-state index contributed by atoms with van der Waals surface area (Å²) in [4.78, 5) is 11.5. The number of hydrogen-bond donors (Lipinski definition) is 1. The first-order chi connectivity index (χ1) is 9.34. The molecule has 0 saturated carbocycles. The van der Waals surface area contributed by atoms with E-state index in [4.69, 9.17) is 17.3 Å². The molecule has 8 heteroatoms. The molecule has 1 amide bonds. The zero-order valence-corrected chi connectivity index (χ0v) is 13.7. The second-order valence-electron chi connectivity index (χ2n) is 4.60. The van der Waals surface area contributed by atoms with Crippen LogP contribution in [0.15, 0.2) is 27.6 Å². The van der Waals surface area contributed by atoms with Crippen molar-refractivity contribution in [1.29, 1.82) is 0 Å². The highest BCUT2D eigenvalue weighted by Crippen LogP contribution is 2.31. The average molecular weight is 382 g/mol. The van der Waals surface area contributed by atoms with Crippen molar-refractivity contribution in [3.8, 4) is 0 Å². The fourth-order valence-corrected chi connectivity index (χ4v) is 4.97. The smallest absolute Gasteiger partial charge is 0.245 e. The highest BCUT2D eigenvalue weighted by molar-refractivity contribution is 9.10. The minimum Gasteiger partial charge on any atom is -0.368 e. The molecule has 0 aliphatic carbocycles. The zero-order chi connectivity index (χ0) is 14.9. The van der Waals surface area contributed by atoms with Crippen LogP contribution in [0.3, 0.4) is 0 Å². The van der Waals surface area contributed by atoms with Gasteiger partial charge in [-0.05, 0) is 31.0 Å². The Hall–Kier alpha value is -0.630. The number of sulfonamides is 1. The molecular weight excluding hydrogens is 368 g/mol. The molecule has 20 heavy (non-hydrogen) atoms. The number of amides is 1. The molecule has 1 aromatic carbocycles. The van der Waals surface area contributed by atoms with Crippen molar-refractivity contribution >= 4 is 43.5 Å². The molecule has 5 nitrogen and oxygen atoms in total. The summed E-state index contributed by atoms with van der Waals surface area (Å²) in [6.45, 7) is 0.280. The number of carbonyl (C=O) groups is 1. The van der Waals surface area contributed by atoms with Gasteiger partial charge in [0.2, 0.25) is 15.9 Å². The number of nitrogens with zero attached hydrogens (tertiary/aromatic N) is 1. The van der Waals surface area contributed by atoms with Gasteiger partial charge in [-0.3, -0.25) is 4.79 Å². The molecule has 1 heterocycles. The van der Waals surface area contributed by atoms with E-state index >= 15 is 0 Å². The van der Waals surface area contributed by atoms with Crippen LogP contribution >= 0.6 is 27.5 Å². The van der Waals surface area contributed by atoms with E-state index in [1.165, 1.54) is 12.1 Å². The van der Waals surface area contributed by atoms with Gasteiger partial charge in [-0.15, -0.1) is 0 Å². The summed E-state index contributed by atoms with van der Waals surface area (Å²) in [5, 5.41) is 0.119. The Morgan fingerprint density at radius 3 is 2.70 bits per heavy atom. The number of benzene rings is 1. The molecule has 1 fully saturated rings. The molecular formula is C12H14BrClN2O3S. The van der Waals surface area contributed by atoms with Crippen molar-refractivity contribution < 1.29 is 13.2 Å². The lowest BCUT2D eigenvalue weighted by Gasteiger charge is -2.32. The number of halogens is 2. The van der Waals surface area contributed by atoms with Gasteiger partial charge in [-0.25, -0.2) is 8.42 Å². The number of primary amides is 1. The van der Waals surface area contributed by atoms with Gasteiger partial charge in [0.1, 0.15) is 10.9 Å². The minimum atomic E-state index is -3.82. The average Bonchev–Trinajstić information content (AvgIpc) is 2.38. The SMILES string of the molecule is NC(=O)C1CCCCN1S(=O)(=O)c1ccc(Br)cc1Cl. The monoisotopic (exact) mass is 380 g/mol. The van der Waals surface area contributed by atoms with Crippen LogP contribution in [0.25, 0.3) is 0 Å². The van der Waals surface area contributed by atoms with Gasteiger partial charge >= 0.3 is 0 Å². The number of piperidine rings is 1. The Kier molecular flexibility index (Phi) is 4.73. The molecule has 0 radical (unpaired) electrons. The van der Waals surface area contributed by atoms with E-state index < -0.39 is 22.0 Å². The van der Waals surface area contributed by atoms with Gasteiger partial charge in [-0.1, -0.05) is 34.0 Å². The Bertz CT molecular complexity index is 636. The highest BCUT2D eigenvalue weighted by Gasteiger charge is 2.37.